The molecule has 0 aliphatic carbocycles. The number of ether oxygens (including phenoxy) is 2. The molecule has 2 aromatic rings. The van der Waals surface area contributed by atoms with Crippen molar-refractivity contribution in [2.45, 2.75) is 49.6 Å². The molecule has 3 aliphatic rings. The van der Waals surface area contributed by atoms with E-state index in [4.69, 9.17) is 26.2 Å². The summed E-state index contributed by atoms with van der Waals surface area (Å²) in [6.45, 7) is 4.48. The van der Waals surface area contributed by atoms with Crippen molar-refractivity contribution in [3.63, 3.8) is 0 Å². The summed E-state index contributed by atoms with van der Waals surface area (Å²) in [6.07, 6.45) is 5.02. The zero-order chi connectivity index (χ0) is 24.8. The highest BCUT2D eigenvalue weighted by molar-refractivity contribution is 8.05. The lowest BCUT2D eigenvalue weighted by Crippen LogP contribution is -2.61. The van der Waals surface area contributed by atoms with Crippen LogP contribution in [0.3, 0.4) is 0 Å². The van der Waals surface area contributed by atoms with Crippen LogP contribution in [0.15, 0.2) is 34.8 Å². The van der Waals surface area contributed by atoms with Crippen molar-refractivity contribution in [1.29, 1.82) is 0 Å². The Balaban J connectivity index is 1.30. The molecule has 4 heterocycles. The lowest BCUT2D eigenvalue weighted by Gasteiger charge is -2.51. The summed E-state index contributed by atoms with van der Waals surface area (Å²) in [7, 11) is 3.58. The standard InChI is InChI=1S/C25H31ClF2N4O2S/c1-16-18(14-32(30-16)22-17(12-29-2)5-4-6-20(22)33-3)13-31-9-7-24(8-10-31)23-19(11-21(26)35-23)25(27,28)15-34-24/h4-6,11,14,19,23,29H,7-10,12-13,15H2,1-3H3. The number of aromatic nitrogens is 2. The molecule has 2 saturated heterocycles. The zero-order valence-electron chi connectivity index (χ0n) is 20.2. The predicted molar refractivity (Wildman–Crippen MR) is 135 cm³/mol. The second kappa shape index (κ2) is 9.67. The summed E-state index contributed by atoms with van der Waals surface area (Å²) in [4.78, 5) is 2.36. The Morgan fingerprint density at radius 2 is 2.06 bits per heavy atom. The second-order valence-electron chi connectivity index (χ2n) is 9.61. The predicted octanol–water partition coefficient (Wildman–Crippen LogP) is 4.72. The van der Waals surface area contributed by atoms with Gasteiger partial charge in [0.1, 0.15) is 18.0 Å². The van der Waals surface area contributed by atoms with Gasteiger partial charge in [0.05, 0.1) is 33.9 Å². The van der Waals surface area contributed by atoms with E-state index in [2.05, 4.69) is 22.5 Å². The first kappa shape index (κ1) is 25.0. The van der Waals surface area contributed by atoms with Crippen molar-refractivity contribution in [2.24, 2.45) is 5.92 Å². The van der Waals surface area contributed by atoms with Crippen molar-refractivity contribution in [2.75, 3.05) is 33.9 Å². The quantitative estimate of drug-likeness (QED) is 0.590. The van der Waals surface area contributed by atoms with Crippen LogP contribution >= 0.6 is 23.4 Å². The van der Waals surface area contributed by atoms with Crippen LogP contribution in [0.5, 0.6) is 5.75 Å². The molecule has 5 rings (SSSR count). The molecule has 6 nitrogen and oxygen atoms in total. The second-order valence-corrected chi connectivity index (χ2v) is 11.4. The van der Waals surface area contributed by atoms with Crippen molar-refractivity contribution in [3.05, 3.63) is 51.7 Å². The summed E-state index contributed by atoms with van der Waals surface area (Å²) in [5, 5.41) is 7.67. The SMILES string of the molecule is CNCc1cccc(OC)c1-n1cc(CN2CCC3(CC2)OCC(F)(F)C2C=C(Cl)SC23)c(C)n1. The lowest BCUT2D eigenvalue weighted by molar-refractivity contribution is -0.215. The molecule has 1 aromatic heterocycles. The number of piperidine rings is 1. The van der Waals surface area contributed by atoms with E-state index in [1.807, 2.05) is 30.8 Å². The highest BCUT2D eigenvalue weighted by Gasteiger charge is 2.60. The molecular formula is C25H31ClF2N4O2S. The minimum absolute atomic E-state index is 0.332. The Morgan fingerprint density at radius 1 is 1.29 bits per heavy atom. The maximum atomic E-state index is 14.5. The molecule has 2 fully saturated rings. The number of thioether (sulfide) groups is 1. The number of halogens is 3. The normalized spacial score (nSPS) is 25.5. The molecule has 0 radical (unpaired) electrons. The first-order valence-electron chi connectivity index (χ1n) is 11.9. The van der Waals surface area contributed by atoms with Crippen LogP contribution in [0, 0.1) is 12.8 Å². The van der Waals surface area contributed by atoms with Crippen LogP contribution in [-0.2, 0) is 17.8 Å². The van der Waals surface area contributed by atoms with Crippen LogP contribution < -0.4 is 10.1 Å². The maximum absolute atomic E-state index is 14.5. The highest BCUT2D eigenvalue weighted by Crippen LogP contribution is 2.56. The minimum Gasteiger partial charge on any atom is -0.494 e. The third-order valence-corrected chi connectivity index (χ3v) is 9.16. The van der Waals surface area contributed by atoms with E-state index in [9.17, 15) is 8.78 Å². The van der Waals surface area contributed by atoms with Crippen LogP contribution in [0.1, 0.15) is 29.7 Å². The largest absolute Gasteiger partial charge is 0.494 e. The molecule has 0 amide bonds. The fraction of sp³-hybridized carbons (Fsp3) is 0.560. The number of nitrogens with one attached hydrogen (secondary N) is 1. The van der Waals surface area contributed by atoms with E-state index in [1.165, 1.54) is 17.8 Å². The molecule has 35 heavy (non-hydrogen) atoms. The summed E-state index contributed by atoms with van der Waals surface area (Å²) < 4.78 is 42.9. The van der Waals surface area contributed by atoms with Gasteiger partial charge in [-0.2, -0.15) is 5.10 Å². The maximum Gasteiger partial charge on any atom is 0.278 e. The number of methoxy groups -OCH3 is 1. The number of rotatable bonds is 6. The van der Waals surface area contributed by atoms with Gasteiger partial charge in [-0.3, -0.25) is 4.90 Å². The minimum atomic E-state index is -2.87. The van der Waals surface area contributed by atoms with Gasteiger partial charge in [0, 0.05) is 37.9 Å². The summed E-state index contributed by atoms with van der Waals surface area (Å²) in [5.74, 6) is -2.95. The molecular weight excluding hydrogens is 494 g/mol. The molecule has 0 bridgehead atoms. The Labute approximate surface area is 214 Å². The molecule has 1 spiro atoms. The molecule has 2 unspecified atom stereocenters. The van der Waals surface area contributed by atoms with Gasteiger partial charge in [-0.15, -0.1) is 11.8 Å². The first-order valence-corrected chi connectivity index (χ1v) is 13.2. The highest BCUT2D eigenvalue weighted by atomic mass is 35.5. The van der Waals surface area contributed by atoms with Crippen LogP contribution in [-0.4, -0.2) is 65.3 Å². The van der Waals surface area contributed by atoms with Gasteiger partial charge in [0.25, 0.3) is 5.92 Å². The fourth-order valence-electron chi connectivity index (χ4n) is 5.51. The monoisotopic (exact) mass is 524 g/mol. The number of hydrogen-bond donors (Lipinski definition) is 1. The van der Waals surface area contributed by atoms with Crippen molar-refractivity contribution in [3.8, 4) is 11.4 Å². The topological polar surface area (TPSA) is 51.5 Å². The number of aryl methyl sites for hydroxylation is 1. The van der Waals surface area contributed by atoms with Crippen molar-refractivity contribution >= 4 is 23.4 Å². The van der Waals surface area contributed by atoms with Gasteiger partial charge < -0.3 is 14.8 Å². The average molecular weight is 525 g/mol. The molecule has 190 valence electrons. The molecule has 1 N–H and O–H groups in total. The van der Waals surface area contributed by atoms with Gasteiger partial charge in [0.2, 0.25) is 0 Å². The molecule has 2 atom stereocenters. The van der Waals surface area contributed by atoms with E-state index in [1.54, 1.807) is 7.11 Å². The molecule has 3 aliphatic heterocycles. The number of fused-ring (bicyclic) bond motifs is 2. The number of para-hydroxylation sites is 1. The van der Waals surface area contributed by atoms with Gasteiger partial charge in [-0.25, -0.2) is 13.5 Å². The number of allylic oxidation sites excluding steroid dienone is 1. The van der Waals surface area contributed by atoms with Crippen molar-refractivity contribution < 1.29 is 18.3 Å². The van der Waals surface area contributed by atoms with Gasteiger partial charge >= 0.3 is 0 Å². The Morgan fingerprint density at radius 3 is 2.77 bits per heavy atom. The van der Waals surface area contributed by atoms with Gasteiger partial charge in [0.15, 0.2) is 0 Å². The Bertz CT molecular complexity index is 1120. The van der Waals surface area contributed by atoms with Crippen molar-refractivity contribution in [1.82, 2.24) is 20.0 Å². The number of hydrogen-bond acceptors (Lipinski definition) is 6. The number of benzene rings is 1. The summed E-state index contributed by atoms with van der Waals surface area (Å²) >= 11 is 7.53. The van der Waals surface area contributed by atoms with E-state index < -0.39 is 24.0 Å². The molecule has 10 heteroatoms. The zero-order valence-corrected chi connectivity index (χ0v) is 21.8. The fourth-order valence-corrected chi connectivity index (χ4v) is 7.34. The number of alkyl halides is 2. The van der Waals surface area contributed by atoms with Gasteiger partial charge in [-0.1, -0.05) is 23.7 Å². The van der Waals surface area contributed by atoms with E-state index in [-0.39, 0.29) is 5.25 Å². The Hall–Kier alpha value is -1.65. The van der Waals surface area contributed by atoms with Crippen LogP contribution in [0.4, 0.5) is 8.78 Å². The van der Waals surface area contributed by atoms with E-state index in [0.29, 0.717) is 23.8 Å². The Kier molecular flexibility index (Phi) is 6.91. The average Bonchev–Trinajstić information content (AvgIpc) is 3.42. The lowest BCUT2D eigenvalue weighted by atomic mass is 9.77. The van der Waals surface area contributed by atoms with Gasteiger partial charge in [-0.05, 0) is 44.5 Å². The van der Waals surface area contributed by atoms with Crippen LogP contribution in [0.2, 0.25) is 0 Å². The van der Waals surface area contributed by atoms with E-state index in [0.717, 1.165) is 47.9 Å². The number of likely N-dealkylation sites (tertiary alicyclic amines) is 1. The first-order chi connectivity index (χ1) is 16.8. The smallest absolute Gasteiger partial charge is 0.278 e. The number of nitrogens with zero attached hydrogens (tertiary/aromatic N) is 3. The summed E-state index contributed by atoms with van der Waals surface area (Å²) in [6, 6.07) is 5.99. The molecule has 1 aromatic carbocycles. The molecule has 0 saturated carbocycles. The van der Waals surface area contributed by atoms with E-state index >= 15 is 0 Å². The third kappa shape index (κ3) is 4.62. The van der Waals surface area contributed by atoms with Crippen LogP contribution in [0.25, 0.3) is 5.69 Å². The third-order valence-electron chi connectivity index (χ3n) is 7.43. The summed E-state index contributed by atoms with van der Waals surface area (Å²) in [5.41, 5.74) is 3.57.